The normalized spacial score (nSPS) is 27.5. The Morgan fingerprint density at radius 3 is 2.49 bits per heavy atom. The number of sulfonamides is 1. The van der Waals surface area contributed by atoms with Crippen molar-refractivity contribution >= 4 is 33.1 Å². The molecule has 1 unspecified atom stereocenters. The smallest absolute Gasteiger partial charge is 0.258 e. The number of benzene rings is 1. The molecule has 39 heavy (non-hydrogen) atoms. The van der Waals surface area contributed by atoms with Crippen LogP contribution in [-0.2, 0) is 10.0 Å². The highest BCUT2D eigenvalue weighted by atomic mass is 32.2. The number of nitrogens with one attached hydrogen (secondary N) is 2. The zero-order valence-electron chi connectivity index (χ0n) is 23.1. The first-order chi connectivity index (χ1) is 18.6. The summed E-state index contributed by atoms with van der Waals surface area (Å²) in [5.41, 5.74) is 2.26. The summed E-state index contributed by atoms with van der Waals surface area (Å²) in [5.74, 6) is 1.41. The summed E-state index contributed by atoms with van der Waals surface area (Å²) >= 11 is 0. The minimum absolute atomic E-state index is 0.218. The van der Waals surface area contributed by atoms with E-state index in [9.17, 15) is 18.3 Å². The van der Waals surface area contributed by atoms with Crippen molar-refractivity contribution < 1.29 is 18.3 Å². The summed E-state index contributed by atoms with van der Waals surface area (Å²) < 4.78 is 27.9. The average molecular weight is 556 g/mol. The monoisotopic (exact) mass is 555 g/mol. The predicted octanol–water partition coefficient (Wildman–Crippen LogP) is 3.83. The first-order valence-electron chi connectivity index (χ1n) is 14.5. The van der Waals surface area contributed by atoms with Crippen LogP contribution in [0.5, 0.6) is 0 Å². The molecule has 1 aromatic rings. The van der Waals surface area contributed by atoms with Crippen LogP contribution in [0.3, 0.4) is 0 Å². The van der Waals surface area contributed by atoms with E-state index < -0.39 is 14.8 Å². The third-order valence-corrected chi connectivity index (χ3v) is 11.7. The van der Waals surface area contributed by atoms with Crippen LogP contribution in [-0.4, -0.2) is 67.2 Å². The third-order valence-electron chi connectivity index (χ3n) is 9.52. The number of aliphatic hydroxyl groups excluding tert-OH is 1. The van der Waals surface area contributed by atoms with Crippen molar-refractivity contribution in [3.63, 3.8) is 0 Å². The molecule has 212 valence electrons. The standard InChI is InChI=1S/C29H41N5O4S/c1-20-5-8-25(30-26(20)34-15-3-4-22(35)19-34)31-27(36)23-7-6-21(32-39(37,38)28(2)9-10-28)18-24(23)33-16-13-29(11-12-29)14-17-33/h6-8,18,20,22,32,35H,3-5,9-17,19H2,1-2H3,(H,31,36)/t20?,22-/m1/s1. The van der Waals surface area contributed by atoms with Crippen LogP contribution in [0.4, 0.5) is 11.4 Å². The number of allylic oxidation sites excluding steroid dienone is 1. The number of aliphatic imine (C=N–C) groups is 1. The molecule has 2 saturated carbocycles. The lowest BCUT2D eigenvalue weighted by Crippen LogP contribution is -2.45. The molecule has 3 N–H and O–H groups in total. The van der Waals surface area contributed by atoms with E-state index in [2.05, 4.69) is 26.8 Å². The van der Waals surface area contributed by atoms with Crippen LogP contribution in [0.25, 0.3) is 0 Å². The SMILES string of the molecule is CC1CC=C(NC(=O)c2ccc(NS(=O)(=O)C3(C)CC3)cc2N2CCC3(CC2)CC3)N=C1N1CCC[C@@H](O)C1. The molecule has 1 spiro atoms. The molecule has 0 radical (unpaired) electrons. The molecule has 10 heteroatoms. The van der Waals surface area contributed by atoms with E-state index in [0.717, 1.165) is 63.3 Å². The summed E-state index contributed by atoms with van der Waals surface area (Å²) in [6.45, 7) is 7.04. The van der Waals surface area contributed by atoms with Crippen LogP contribution < -0.4 is 14.9 Å². The fourth-order valence-electron chi connectivity index (χ4n) is 6.15. The second-order valence-corrected chi connectivity index (χ2v) is 14.9. The lowest BCUT2D eigenvalue weighted by Gasteiger charge is -2.36. The number of β-amino-alcohol motifs (C(OH)–C–C–N with tert-alkyl or cyclic N) is 1. The number of piperidine rings is 2. The van der Waals surface area contributed by atoms with Gasteiger partial charge in [0, 0.05) is 32.1 Å². The molecule has 4 fully saturated rings. The molecule has 2 atom stereocenters. The number of aliphatic hydroxyl groups is 1. The number of likely N-dealkylation sites (tertiary alicyclic amines) is 1. The van der Waals surface area contributed by atoms with Gasteiger partial charge in [-0.3, -0.25) is 9.52 Å². The highest BCUT2D eigenvalue weighted by Gasteiger charge is 2.50. The molecule has 1 amide bonds. The first-order valence-corrected chi connectivity index (χ1v) is 16.0. The zero-order chi connectivity index (χ0) is 27.4. The van der Waals surface area contributed by atoms with Crippen molar-refractivity contribution in [2.24, 2.45) is 16.3 Å². The van der Waals surface area contributed by atoms with Gasteiger partial charge in [-0.15, -0.1) is 0 Å². The lowest BCUT2D eigenvalue weighted by molar-refractivity contribution is 0.0960. The first kappa shape index (κ1) is 26.6. The second-order valence-electron chi connectivity index (χ2n) is 12.7. The topological polar surface area (TPSA) is 114 Å². The molecule has 2 saturated heterocycles. The van der Waals surface area contributed by atoms with Gasteiger partial charge in [0.25, 0.3) is 5.91 Å². The minimum atomic E-state index is -3.50. The van der Waals surface area contributed by atoms with Gasteiger partial charge in [-0.2, -0.15) is 0 Å². The fourth-order valence-corrected chi connectivity index (χ4v) is 7.47. The van der Waals surface area contributed by atoms with Crippen LogP contribution >= 0.6 is 0 Å². The number of nitrogens with zero attached hydrogens (tertiary/aromatic N) is 3. The van der Waals surface area contributed by atoms with Crippen LogP contribution in [0.1, 0.15) is 82.0 Å². The van der Waals surface area contributed by atoms with Gasteiger partial charge in [0.05, 0.1) is 27.8 Å². The van der Waals surface area contributed by atoms with Gasteiger partial charge < -0.3 is 20.2 Å². The number of carbonyl (C=O) groups is 1. The predicted molar refractivity (Wildman–Crippen MR) is 153 cm³/mol. The molecule has 3 aliphatic heterocycles. The number of rotatable bonds is 6. The van der Waals surface area contributed by atoms with E-state index >= 15 is 0 Å². The largest absolute Gasteiger partial charge is 0.391 e. The summed E-state index contributed by atoms with van der Waals surface area (Å²) in [7, 11) is -3.50. The molecule has 9 nitrogen and oxygen atoms in total. The second kappa shape index (κ2) is 9.80. The van der Waals surface area contributed by atoms with E-state index in [-0.39, 0.29) is 17.9 Å². The van der Waals surface area contributed by atoms with Crippen molar-refractivity contribution in [2.45, 2.75) is 82.5 Å². The minimum Gasteiger partial charge on any atom is -0.391 e. The number of carbonyl (C=O) groups excluding carboxylic acids is 1. The molecule has 5 aliphatic rings. The number of hydrogen-bond donors (Lipinski definition) is 3. The zero-order valence-corrected chi connectivity index (χ0v) is 23.9. The molecule has 1 aromatic carbocycles. The maximum Gasteiger partial charge on any atom is 0.258 e. The molecule has 6 rings (SSSR count). The maximum atomic E-state index is 13.7. The van der Waals surface area contributed by atoms with Gasteiger partial charge in [-0.1, -0.05) is 6.92 Å². The van der Waals surface area contributed by atoms with Crippen molar-refractivity contribution in [1.29, 1.82) is 0 Å². The van der Waals surface area contributed by atoms with E-state index in [4.69, 9.17) is 4.99 Å². The Bertz CT molecular complexity index is 1300. The maximum absolute atomic E-state index is 13.7. The van der Waals surface area contributed by atoms with E-state index in [1.54, 1.807) is 19.1 Å². The quantitative estimate of drug-likeness (QED) is 0.492. The lowest BCUT2D eigenvalue weighted by atomic mass is 9.93. The van der Waals surface area contributed by atoms with Gasteiger partial charge >= 0.3 is 0 Å². The van der Waals surface area contributed by atoms with E-state index in [0.29, 0.717) is 41.9 Å². The third kappa shape index (κ3) is 5.42. The highest BCUT2D eigenvalue weighted by molar-refractivity contribution is 7.94. The van der Waals surface area contributed by atoms with Gasteiger partial charge in [0.1, 0.15) is 11.7 Å². The van der Waals surface area contributed by atoms with Gasteiger partial charge in [-0.25, -0.2) is 13.4 Å². The molecule has 2 aliphatic carbocycles. The summed E-state index contributed by atoms with van der Waals surface area (Å²) in [5, 5.41) is 13.2. The number of amides is 1. The van der Waals surface area contributed by atoms with Crippen molar-refractivity contribution in [3.05, 3.63) is 35.7 Å². The Hall–Kier alpha value is -2.59. The number of anilines is 2. The molecular formula is C29H41N5O4S. The Morgan fingerprint density at radius 1 is 1.08 bits per heavy atom. The highest BCUT2D eigenvalue weighted by Crippen LogP contribution is 2.54. The molecule has 0 bridgehead atoms. The number of amidine groups is 1. The Morgan fingerprint density at radius 2 is 1.82 bits per heavy atom. The van der Waals surface area contributed by atoms with Crippen molar-refractivity contribution in [3.8, 4) is 0 Å². The summed E-state index contributed by atoms with van der Waals surface area (Å²) in [4.78, 5) is 22.8. The Kier molecular flexibility index (Phi) is 6.69. The van der Waals surface area contributed by atoms with Crippen molar-refractivity contribution in [1.82, 2.24) is 10.2 Å². The summed E-state index contributed by atoms with van der Waals surface area (Å²) in [6, 6.07) is 5.25. The Labute approximate surface area is 231 Å². The Balaban J connectivity index is 1.24. The average Bonchev–Trinajstić information content (AvgIpc) is 3.84. The fraction of sp³-hybridized carbons (Fsp3) is 0.655. The van der Waals surface area contributed by atoms with Crippen LogP contribution in [0.15, 0.2) is 35.1 Å². The van der Waals surface area contributed by atoms with E-state index in [1.807, 2.05) is 12.1 Å². The van der Waals surface area contributed by atoms with Crippen LogP contribution in [0, 0.1) is 11.3 Å². The van der Waals surface area contributed by atoms with Crippen LogP contribution in [0.2, 0.25) is 0 Å². The van der Waals surface area contributed by atoms with Gasteiger partial charge in [0.15, 0.2) is 0 Å². The van der Waals surface area contributed by atoms with Gasteiger partial charge in [-0.05, 0) is 94.4 Å². The van der Waals surface area contributed by atoms with E-state index in [1.165, 1.54) is 12.8 Å². The molecular weight excluding hydrogens is 514 g/mol. The molecule has 0 aromatic heterocycles. The number of hydrogen-bond acceptors (Lipinski definition) is 7. The summed E-state index contributed by atoms with van der Waals surface area (Å²) in [6.07, 6.45) is 10.2. The van der Waals surface area contributed by atoms with Crippen molar-refractivity contribution in [2.75, 3.05) is 35.8 Å². The van der Waals surface area contributed by atoms with Gasteiger partial charge in [0.2, 0.25) is 10.0 Å². The molecule has 3 heterocycles.